The summed E-state index contributed by atoms with van der Waals surface area (Å²) in [4.78, 5) is 18.7. The number of hydrogen-bond acceptors (Lipinski definition) is 6. The first-order valence-electron chi connectivity index (χ1n) is 8.49. The molecule has 0 radical (unpaired) electrons. The van der Waals surface area contributed by atoms with E-state index >= 15 is 0 Å². The number of amides is 1. The Kier molecular flexibility index (Phi) is 5.61. The lowest BCUT2D eigenvalue weighted by atomic mass is 9.97. The zero-order valence-corrected chi connectivity index (χ0v) is 13.7. The van der Waals surface area contributed by atoms with Crippen LogP contribution in [0.5, 0.6) is 0 Å². The van der Waals surface area contributed by atoms with Crippen molar-refractivity contribution < 1.29 is 18.8 Å². The summed E-state index contributed by atoms with van der Waals surface area (Å²) in [5.41, 5.74) is 0. The van der Waals surface area contributed by atoms with Gasteiger partial charge in [0.1, 0.15) is 0 Å². The Balaban J connectivity index is 1.43. The predicted octanol–water partition coefficient (Wildman–Crippen LogP) is 1.35. The van der Waals surface area contributed by atoms with Crippen molar-refractivity contribution in [3.05, 3.63) is 11.7 Å². The third-order valence-corrected chi connectivity index (χ3v) is 4.51. The van der Waals surface area contributed by atoms with Crippen LogP contribution in [0.25, 0.3) is 0 Å². The second-order valence-corrected chi connectivity index (χ2v) is 6.29. The third-order valence-electron chi connectivity index (χ3n) is 4.51. The molecule has 2 saturated heterocycles. The van der Waals surface area contributed by atoms with Crippen LogP contribution < -0.4 is 0 Å². The van der Waals surface area contributed by atoms with E-state index in [-0.39, 0.29) is 17.9 Å². The lowest BCUT2D eigenvalue weighted by Crippen LogP contribution is -2.46. The first-order valence-corrected chi connectivity index (χ1v) is 8.49. The number of hydrogen-bond donors (Lipinski definition) is 0. The van der Waals surface area contributed by atoms with Crippen molar-refractivity contribution in [3.8, 4) is 0 Å². The zero-order valence-electron chi connectivity index (χ0n) is 13.7. The summed E-state index contributed by atoms with van der Waals surface area (Å²) >= 11 is 0. The maximum Gasteiger partial charge on any atom is 0.225 e. The highest BCUT2D eigenvalue weighted by molar-refractivity contribution is 5.79. The lowest BCUT2D eigenvalue weighted by molar-refractivity contribution is -0.142. The van der Waals surface area contributed by atoms with E-state index in [0.29, 0.717) is 44.5 Å². The molecule has 0 aliphatic carbocycles. The number of likely N-dealkylation sites (tertiary alicyclic amines) is 1. The average molecular weight is 323 g/mol. The molecule has 3 rings (SSSR count). The van der Waals surface area contributed by atoms with Crippen LogP contribution in [0.1, 0.15) is 37.4 Å². The van der Waals surface area contributed by atoms with E-state index in [0.717, 1.165) is 32.2 Å². The molecule has 2 fully saturated rings. The molecule has 1 aromatic heterocycles. The van der Waals surface area contributed by atoms with Gasteiger partial charge >= 0.3 is 0 Å². The van der Waals surface area contributed by atoms with E-state index in [1.165, 1.54) is 0 Å². The molecule has 23 heavy (non-hydrogen) atoms. The maximum atomic E-state index is 12.6. The summed E-state index contributed by atoms with van der Waals surface area (Å²) in [7, 11) is 0. The van der Waals surface area contributed by atoms with E-state index < -0.39 is 0 Å². The molecule has 0 aromatic carbocycles. The predicted molar refractivity (Wildman–Crippen MR) is 81.8 cm³/mol. The molecule has 1 unspecified atom stereocenters. The van der Waals surface area contributed by atoms with Gasteiger partial charge in [-0.05, 0) is 25.7 Å². The first-order chi connectivity index (χ1) is 11.2. The largest absolute Gasteiger partial charge is 0.381 e. The minimum Gasteiger partial charge on any atom is -0.381 e. The van der Waals surface area contributed by atoms with Crippen LogP contribution >= 0.6 is 0 Å². The van der Waals surface area contributed by atoms with Gasteiger partial charge in [-0.1, -0.05) is 5.16 Å². The Labute approximate surface area is 136 Å². The Morgan fingerprint density at radius 1 is 1.35 bits per heavy atom. The van der Waals surface area contributed by atoms with Crippen molar-refractivity contribution in [2.75, 3.05) is 32.9 Å². The van der Waals surface area contributed by atoms with Crippen molar-refractivity contribution in [1.82, 2.24) is 15.0 Å². The van der Waals surface area contributed by atoms with Crippen LogP contribution in [0.15, 0.2) is 4.52 Å². The monoisotopic (exact) mass is 323 g/mol. The van der Waals surface area contributed by atoms with Crippen LogP contribution in [-0.4, -0.2) is 60.0 Å². The number of aryl methyl sites for hydroxylation is 1. The van der Waals surface area contributed by atoms with Crippen LogP contribution in [0.3, 0.4) is 0 Å². The number of piperidine rings is 1. The fourth-order valence-electron chi connectivity index (χ4n) is 3.24. The highest BCUT2D eigenvalue weighted by atomic mass is 16.5. The Bertz CT molecular complexity index is 513. The van der Waals surface area contributed by atoms with Crippen LogP contribution in [0, 0.1) is 12.8 Å². The quantitative estimate of drug-likeness (QED) is 0.814. The number of aromatic nitrogens is 2. The molecule has 0 N–H and O–H groups in total. The Hall–Kier alpha value is -1.47. The van der Waals surface area contributed by atoms with Crippen molar-refractivity contribution in [1.29, 1.82) is 0 Å². The highest BCUT2D eigenvalue weighted by Crippen LogP contribution is 2.21. The smallest absolute Gasteiger partial charge is 0.225 e. The highest BCUT2D eigenvalue weighted by Gasteiger charge is 2.30. The standard InChI is InChI=1S/C16H25N3O4/c1-12-17-15(18-23-12)6-10-22-14-3-2-7-19(11-14)16(20)13-4-8-21-9-5-13/h13-14H,2-11H2,1H3. The van der Waals surface area contributed by atoms with Crippen LogP contribution in [-0.2, 0) is 20.7 Å². The molecule has 3 heterocycles. The van der Waals surface area contributed by atoms with Crippen molar-refractivity contribution in [2.24, 2.45) is 5.92 Å². The Morgan fingerprint density at radius 3 is 2.91 bits per heavy atom. The molecule has 7 heteroatoms. The fraction of sp³-hybridized carbons (Fsp3) is 0.812. The van der Waals surface area contributed by atoms with Crippen molar-refractivity contribution in [2.45, 2.75) is 45.1 Å². The van der Waals surface area contributed by atoms with Gasteiger partial charge in [0.2, 0.25) is 11.8 Å². The maximum absolute atomic E-state index is 12.6. The topological polar surface area (TPSA) is 77.7 Å². The van der Waals surface area contributed by atoms with Gasteiger partial charge in [-0.15, -0.1) is 0 Å². The minimum atomic E-state index is 0.112. The van der Waals surface area contributed by atoms with Gasteiger partial charge in [-0.3, -0.25) is 4.79 Å². The first kappa shape index (κ1) is 16.4. The molecule has 0 saturated carbocycles. The molecule has 1 aromatic rings. The van der Waals surface area contributed by atoms with Gasteiger partial charge in [0.25, 0.3) is 0 Å². The second kappa shape index (κ2) is 7.88. The summed E-state index contributed by atoms with van der Waals surface area (Å²) in [5.74, 6) is 1.65. The zero-order chi connectivity index (χ0) is 16.1. The summed E-state index contributed by atoms with van der Waals surface area (Å²) < 4.78 is 16.2. The molecule has 2 aliphatic heterocycles. The molecule has 128 valence electrons. The summed E-state index contributed by atoms with van der Waals surface area (Å²) in [6.45, 7) is 5.28. The molecular weight excluding hydrogens is 298 g/mol. The van der Waals surface area contributed by atoms with Gasteiger partial charge in [0, 0.05) is 45.6 Å². The number of carbonyl (C=O) groups is 1. The normalized spacial score (nSPS) is 23.2. The molecule has 1 atom stereocenters. The van der Waals surface area contributed by atoms with Crippen LogP contribution in [0.2, 0.25) is 0 Å². The van der Waals surface area contributed by atoms with Gasteiger partial charge in [0.05, 0.1) is 12.7 Å². The van der Waals surface area contributed by atoms with Crippen LogP contribution in [0.4, 0.5) is 0 Å². The summed E-state index contributed by atoms with van der Waals surface area (Å²) in [6, 6.07) is 0. The van der Waals surface area contributed by atoms with Gasteiger partial charge in [-0.2, -0.15) is 4.98 Å². The van der Waals surface area contributed by atoms with E-state index in [4.69, 9.17) is 14.0 Å². The second-order valence-electron chi connectivity index (χ2n) is 6.29. The van der Waals surface area contributed by atoms with Crippen molar-refractivity contribution >= 4 is 5.91 Å². The fourth-order valence-corrected chi connectivity index (χ4v) is 3.24. The molecule has 7 nitrogen and oxygen atoms in total. The number of rotatable bonds is 5. The molecule has 2 aliphatic rings. The van der Waals surface area contributed by atoms with Gasteiger partial charge in [0.15, 0.2) is 5.82 Å². The average Bonchev–Trinajstić information content (AvgIpc) is 3.00. The SMILES string of the molecule is Cc1nc(CCOC2CCCN(C(=O)C3CCOCC3)C2)no1. The minimum absolute atomic E-state index is 0.112. The third kappa shape index (κ3) is 4.51. The number of carbonyl (C=O) groups excluding carboxylic acids is 1. The number of ether oxygens (including phenoxy) is 2. The summed E-state index contributed by atoms with van der Waals surface area (Å²) in [5, 5.41) is 3.86. The van der Waals surface area contributed by atoms with Crippen molar-refractivity contribution in [3.63, 3.8) is 0 Å². The van der Waals surface area contributed by atoms with Gasteiger partial charge in [-0.25, -0.2) is 0 Å². The van der Waals surface area contributed by atoms with E-state index in [1.807, 2.05) is 4.90 Å². The van der Waals surface area contributed by atoms with E-state index in [1.54, 1.807) is 6.92 Å². The molecule has 0 spiro atoms. The van der Waals surface area contributed by atoms with Gasteiger partial charge < -0.3 is 18.9 Å². The van der Waals surface area contributed by atoms with E-state index in [9.17, 15) is 4.79 Å². The molecule has 1 amide bonds. The lowest BCUT2D eigenvalue weighted by Gasteiger charge is -2.35. The molecule has 0 bridgehead atoms. The summed E-state index contributed by atoms with van der Waals surface area (Å²) in [6.07, 6.45) is 4.45. The van der Waals surface area contributed by atoms with E-state index in [2.05, 4.69) is 10.1 Å². The molecular formula is C16H25N3O4. The Morgan fingerprint density at radius 2 is 2.17 bits per heavy atom. The number of nitrogens with zero attached hydrogens (tertiary/aromatic N) is 3.